The quantitative estimate of drug-likeness (QED) is 0.776. The summed E-state index contributed by atoms with van der Waals surface area (Å²) in [4.78, 5) is 12.1. The second-order valence-electron chi connectivity index (χ2n) is 8.04. The van der Waals surface area contributed by atoms with Gasteiger partial charge in [-0.15, -0.1) is 0 Å². The fourth-order valence-electron chi connectivity index (χ4n) is 2.67. The Kier molecular flexibility index (Phi) is 6.84. The summed E-state index contributed by atoms with van der Waals surface area (Å²) in [5, 5.41) is 3.00. The van der Waals surface area contributed by atoms with E-state index in [9.17, 15) is 4.79 Å². The minimum Gasteiger partial charge on any atom is -0.491 e. The molecule has 0 aliphatic heterocycles. The molecule has 0 spiro atoms. The number of rotatable bonds is 7. The number of hydrogen-bond donors (Lipinski definition) is 1. The molecule has 1 amide bonds. The van der Waals surface area contributed by atoms with E-state index in [0.29, 0.717) is 13.0 Å². The molecule has 0 saturated carbocycles. The van der Waals surface area contributed by atoms with Crippen molar-refractivity contribution < 1.29 is 9.53 Å². The summed E-state index contributed by atoms with van der Waals surface area (Å²) in [7, 11) is 0. The molecular formula is C23H31NO2. The Labute approximate surface area is 157 Å². The summed E-state index contributed by atoms with van der Waals surface area (Å²) in [6.07, 6.45) is 1.24. The first-order chi connectivity index (χ1) is 12.2. The average molecular weight is 354 g/mol. The molecule has 0 saturated heterocycles. The van der Waals surface area contributed by atoms with Crippen molar-refractivity contribution in [3.8, 4) is 5.75 Å². The highest BCUT2D eigenvalue weighted by atomic mass is 16.5. The van der Waals surface area contributed by atoms with Gasteiger partial charge in [-0.3, -0.25) is 4.79 Å². The second-order valence-corrected chi connectivity index (χ2v) is 8.04. The van der Waals surface area contributed by atoms with Crippen molar-refractivity contribution in [1.82, 2.24) is 5.32 Å². The van der Waals surface area contributed by atoms with Crippen LogP contribution >= 0.6 is 0 Å². The van der Waals surface area contributed by atoms with Gasteiger partial charge in [0.05, 0.1) is 6.04 Å². The Morgan fingerprint density at radius 2 is 1.65 bits per heavy atom. The monoisotopic (exact) mass is 353 g/mol. The smallest absolute Gasteiger partial charge is 0.220 e. The van der Waals surface area contributed by atoms with Gasteiger partial charge in [0.2, 0.25) is 5.91 Å². The van der Waals surface area contributed by atoms with Crippen molar-refractivity contribution in [3.63, 3.8) is 0 Å². The van der Waals surface area contributed by atoms with Crippen LogP contribution in [0.2, 0.25) is 0 Å². The van der Waals surface area contributed by atoms with E-state index in [2.05, 4.69) is 50.4 Å². The molecule has 1 N–H and O–H groups in total. The lowest BCUT2D eigenvalue weighted by Crippen LogP contribution is -2.36. The zero-order chi connectivity index (χ0) is 19.2. The third-order valence-corrected chi connectivity index (χ3v) is 4.39. The lowest BCUT2D eigenvalue weighted by atomic mass is 9.86. The number of carbonyl (C=O) groups excluding carboxylic acids is 1. The Bertz CT molecular complexity index is 696. The maximum Gasteiger partial charge on any atom is 0.220 e. The Morgan fingerprint density at radius 3 is 2.23 bits per heavy atom. The van der Waals surface area contributed by atoms with Crippen LogP contribution in [0.25, 0.3) is 0 Å². The first-order valence-corrected chi connectivity index (χ1v) is 9.32. The summed E-state index contributed by atoms with van der Waals surface area (Å²) in [6, 6.07) is 16.5. The Morgan fingerprint density at radius 1 is 1.04 bits per heavy atom. The van der Waals surface area contributed by atoms with Crippen LogP contribution in [0.15, 0.2) is 48.5 Å². The van der Waals surface area contributed by atoms with E-state index in [4.69, 9.17) is 4.74 Å². The van der Waals surface area contributed by atoms with E-state index in [-0.39, 0.29) is 17.4 Å². The van der Waals surface area contributed by atoms with Crippen LogP contribution in [0, 0.1) is 6.92 Å². The van der Waals surface area contributed by atoms with Crippen molar-refractivity contribution >= 4 is 5.91 Å². The molecule has 0 heterocycles. The predicted octanol–water partition coefficient (Wildman–Crippen LogP) is 4.81. The highest BCUT2D eigenvalue weighted by molar-refractivity contribution is 5.76. The lowest BCUT2D eigenvalue weighted by molar-refractivity contribution is -0.121. The van der Waals surface area contributed by atoms with Crippen LogP contribution in [0.5, 0.6) is 5.75 Å². The number of benzene rings is 2. The summed E-state index contributed by atoms with van der Waals surface area (Å²) >= 11 is 0. The zero-order valence-electron chi connectivity index (χ0n) is 16.6. The second kappa shape index (κ2) is 8.88. The van der Waals surface area contributed by atoms with Gasteiger partial charge < -0.3 is 10.1 Å². The molecule has 26 heavy (non-hydrogen) atoms. The molecule has 0 aliphatic rings. The first kappa shape index (κ1) is 20.0. The van der Waals surface area contributed by atoms with Gasteiger partial charge in [-0.1, -0.05) is 62.7 Å². The van der Waals surface area contributed by atoms with E-state index >= 15 is 0 Å². The molecule has 2 aromatic rings. The van der Waals surface area contributed by atoms with E-state index in [1.165, 1.54) is 16.7 Å². The first-order valence-electron chi connectivity index (χ1n) is 9.32. The van der Waals surface area contributed by atoms with E-state index in [1.54, 1.807) is 0 Å². The Hall–Kier alpha value is -2.29. The highest BCUT2D eigenvalue weighted by Gasteiger charge is 2.13. The minimum absolute atomic E-state index is 0.0212. The zero-order valence-corrected chi connectivity index (χ0v) is 16.6. The van der Waals surface area contributed by atoms with Gasteiger partial charge in [-0.25, -0.2) is 0 Å². The van der Waals surface area contributed by atoms with Crippen molar-refractivity contribution in [3.05, 3.63) is 65.2 Å². The molecule has 3 nitrogen and oxygen atoms in total. The maximum atomic E-state index is 12.1. The Balaban J connectivity index is 1.73. The highest BCUT2D eigenvalue weighted by Crippen LogP contribution is 2.22. The molecule has 0 unspecified atom stereocenters. The van der Waals surface area contributed by atoms with Gasteiger partial charge in [0.1, 0.15) is 12.4 Å². The van der Waals surface area contributed by atoms with Crippen molar-refractivity contribution in [2.75, 3.05) is 6.61 Å². The number of carbonyl (C=O) groups is 1. The fraction of sp³-hybridized carbons (Fsp3) is 0.435. The average Bonchev–Trinajstić information content (AvgIpc) is 2.59. The fourth-order valence-corrected chi connectivity index (χ4v) is 2.67. The topological polar surface area (TPSA) is 38.3 Å². The SMILES string of the molecule is Cc1ccc(OC[C@H](C)NC(=O)CCc2ccc(C(C)(C)C)cc2)cc1. The maximum absolute atomic E-state index is 12.1. The van der Waals surface area contributed by atoms with Crippen LogP contribution < -0.4 is 10.1 Å². The third kappa shape index (κ3) is 6.55. The van der Waals surface area contributed by atoms with Gasteiger partial charge in [-0.05, 0) is 48.9 Å². The van der Waals surface area contributed by atoms with Crippen LogP contribution in [-0.2, 0) is 16.6 Å². The predicted molar refractivity (Wildman–Crippen MR) is 108 cm³/mol. The summed E-state index contributed by atoms with van der Waals surface area (Å²) in [5.74, 6) is 0.889. The minimum atomic E-state index is -0.0212. The van der Waals surface area contributed by atoms with Crippen LogP contribution in [0.1, 0.15) is 50.8 Å². The molecule has 0 fully saturated rings. The lowest BCUT2D eigenvalue weighted by Gasteiger charge is -2.19. The number of hydrogen-bond acceptors (Lipinski definition) is 2. The van der Waals surface area contributed by atoms with Gasteiger partial charge >= 0.3 is 0 Å². The number of nitrogens with one attached hydrogen (secondary N) is 1. The molecule has 140 valence electrons. The van der Waals surface area contributed by atoms with Crippen LogP contribution in [0.3, 0.4) is 0 Å². The van der Waals surface area contributed by atoms with Crippen molar-refractivity contribution in [2.24, 2.45) is 0 Å². The standard InChI is InChI=1S/C23H31NO2/c1-17-6-13-21(14-7-17)26-16-18(2)24-22(25)15-10-19-8-11-20(12-9-19)23(3,4)5/h6-9,11-14,18H,10,15-16H2,1-5H3,(H,24,25)/t18-/m0/s1. The van der Waals surface area contributed by atoms with Gasteiger partial charge in [0.15, 0.2) is 0 Å². The van der Waals surface area contributed by atoms with Gasteiger partial charge in [-0.2, -0.15) is 0 Å². The summed E-state index contributed by atoms with van der Waals surface area (Å²) < 4.78 is 5.72. The summed E-state index contributed by atoms with van der Waals surface area (Å²) in [6.45, 7) is 11.1. The largest absolute Gasteiger partial charge is 0.491 e. The molecule has 0 aliphatic carbocycles. The third-order valence-electron chi connectivity index (χ3n) is 4.39. The number of amides is 1. The van der Waals surface area contributed by atoms with E-state index < -0.39 is 0 Å². The van der Waals surface area contributed by atoms with E-state index in [1.807, 2.05) is 38.1 Å². The van der Waals surface area contributed by atoms with Crippen molar-refractivity contribution in [1.29, 1.82) is 0 Å². The molecule has 1 atom stereocenters. The van der Waals surface area contributed by atoms with Crippen LogP contribution in [0.4, 0.5) is 0 Å². The van der Waals surface area contributed by atoms with Gasteiger partial charge in [0, 0.05) is 6.42 Å². The summed E-state index contributed by atoms with van der Waals surface area (Å²) in [5.41, 5.74) is 3.86. The molecule has 3 heteroatoms. The normalized spacial score (nSPS) is 12.5. The van der Waals surface area contributed by atoms with Crippen molar-refractivity contribution in [2.45, 2.75) is 58.9 Å². The number of aryl methyl sites for hydroxylation is 2. The molecule has 2 rings (SSSR count). The molecule has 0 bridgehead atoms. The molecule has 0 radical (unpaired) electrons. The van der Waals surface area contributed by atoms with Crippen LogP contribution in [-0.4, -0.2) is 18.6 Å². The molecule has 0 aromatic heterocycles. The number of ether oxygens (including phenoxy) is 1. The van der Waals surface area contributed by atoms with E-state index in [0.717, 1.165) is 12.2 Å². The van der Waals surface area contributed by atoms with Gasteiger partial charge in [0.25, 0.3) is 0 Å². The molecule has 2 aromatic carbocycles. The molecular weight excluding hydrogens is 322 g/mol.